The van der Waals surface area contributed by atoms with Crippen molar-refractivity contribution in [2.45, 2.75) is 45.1 Å². The minimum Gasteiger partial charge on any atom is -0.468 e. The van der Waals surface area contributed by atoms with Gasteiger partial charge in [0.15, 0.2) is 0 Å². The Morgan fingerprint density at radius 1 is 1.40 bits per heavy atom. The highest BCUT2D eigenvalue weighted by molar-refractivity contribution is 5.02. The number of nitrogens with one attached hydrogen (secondary N) is 1. The van der Waals surface area contributed by atoms with E-state index < -0.39 is 0 Å². The van der Waals surface area contributed by atoms with Crippen LogP contribution in [0.5, 0.6) is 0 Å². The lowest BCUT2D eigenvalue weighted by atomic mass is 9.89. The Morgan fingerprint density at radius 2 is 2.20 bits per heavy atom. The molecule has 1 heterocycles. The van der Waals surface area contributed by atoms with Gasteiger partial charge >= 0.3 is 0 Å². The molecule has 1 aromatic heterocycles. The van der Waals surface area contributed by atoms with Gasteiger partial charge in [0.2, 0.25) is 0 Å². The molecule has 0 amide bonds. The zero-order valence-electron chi connectivity index (χ0n) is 9.54. The van der Waals surface area contributed by atoms with Crippen LogP contribution in [0.2, 0.25) is 0 Å². The van der Waals surface area contributed by atoms with E-state index in [1.165, 1.54) is 32.1 Å². The summed E-state index contributed by atoms with van der Waals surface area (Å²) in [7, 11) is 0. The molecule has 2 heteroatoms. The van der Waals surface area contributed by atoms with E-state index in [0.29, 0.717) is 6.04 Å². The highest BCUT2D eigenvalue weighted by atomic mass is 16.3. The molecule has 0 aliphatic heterocycles. The molecular weight excluding hydrogens is 186 g/mol. The van der Waals surface area contributed by atoms with Gasteiger partial charge in [0.05, 0.1) is 12.3 Å². The van der Waals surface area contributed by atoms with Gasteiger partial charge in [-0.25, -0.2) is 0 Å². The highest BCUT2D eigenvalue weighted by Crippen LogP contribution is 2.23. The van der Waals surface area contributed by atoms with E-state index in [0.717, 1.165) is 18.2 Å². The molecule has 1 atom stereocenters. The van der Waals surface area contributed by atoms with E-state index in [9.17, 15) is 0 Å². The number of rotatable bonds is 4. The normalized spacial score (nSPS) is 20.3. The summed E-state index contributed by atoms with van der Waals surface area (Å²) in [5.74, 6) is 1.93. The zero-order chi connectivity index (χ0) is 10.5. The fourth-order valence-corrected chi connectivity index (χ4v) is 2.37. The third-order valence-corrected chi connectivity index (χ3v) is 3.41. The summed E-state index contributed by atoms with van der Waals surface area (Å²) in [4.78, 5) is 0. The lowest BCUT2D eigenvalue weighted by Gasteiger charge is -2.23. The number of hydrogen-bond donors (Lipinski definition) is 1. The monoisotopic (exact) mass is 207 g/mol. The van der Waals surface area contributed by atoms with E-state index in [2.05, 4.69) is 12.2 Å². The van der Waals surface area contributed by atoms with Crippen LogP contribution in [0.3, 0.4) is 0 Å². The first-order valence-corrected chi connectivity index (χ1v) is 6.13. The molecule has 2 nitrogen and oxygen atoms in total. The second kappa shape index (κ2) is 5.36. The largest absolute Gasteiger partial charge is 0.468 e. The van der Waals surface area contributed by atoms with Gasteiger partial charge in [-0.1, -0.05) is 19.3 Å². The van der Waals surface area contributed by atoms with Gasteiger partial charge in [-0.15, -0.1) is 0 Å². The minimum absolute atomic E-state index is 0.349. The van der Waals surface area contributed by atoms with Gasteiger partial charge in [-0.3, -0.25) is 0 Å². The van der Waals surface area contributed by atoms with E-state index in [-0.39, 0.29) is 0 Å². The number of hydrogen-bond acceptors (Lipinski definition) is 2. The Labute approximate surface area is 92.1 Å². The third-order valence-electron chi connectivity index (χ3n) is 3.41. The Balaban J connectivity index is 1.73. The minimum atomic E-state index is 0.349. The van der Waals surface area contributed by atoms with Gasteiger partial charge in [-0.05, 0) is 44.4 Å². The molecule has 0 saturated heterocycles. The first-order valence-electron chi connectivity index (χ1n) is 6.13. The van der Waals surface area contributed by atoms with Crippen molar-refractivity contribution in [3.8, 4) is 0 Å². The average Bonchev–Trinajstić information content (AvgIpc) is 2.81. The summed E-state index contributed by atoms with van der Waals surface area (Å²) >= 11 is 0. The maximum absolute atomic E-state index is 5.37. The zero-order valence-corrected chi connectivity index (χ0v) is 9.54. The molecule has 84 valence electrons. The molecule has 0 spiro atoms. The predicted octanol–water partition coefficient (Wildman–Crippen LogP) is 3.51. The fourth-order valence-electron chi connectivity index (χ4n) is 2.37. The molecule has 1 saturated carbocycles. The van der Waals surface area contributed by atoms with Crippen LogP contribution in [0, 0.1) is 5.92 Å². The second-order valence-electron chi connectivity index (χ2n) is 4.65. The first kappa shape index (κ1) is 10.7. The quantitative estimate of drug-likeness (QED) is 0.817. The van der Waals surface area contributed by atoms with Gasteiger partial charge in [-0.2, -0.15) is 0 Å². The molecule has 1 aromatic rings. The van der Waals surface area contributed by atoms with Crippen molar-refractivity contribution >= 4 is 0 Å². The van der Waals surface area contributed by atoms with E-state index in [1.807, 2.05) is 12.1 Å². The third kappa shape index (κ3) is 3.10. The summed E-state index contributed by atoms with van der Waals surface area (Å²) in [5, 5.41) is 3.56. The van der Waals surface area contributed by atoms with Crippen LogP contribution in [0.25, 0.3) is 0 Å². The van der Waals surface area contributed by atoms with E-state index in [4.69, 9.17) is 4.42 Å². The Bertz CT molecular complexity index is 262. The molecule has 2 rings (SSSR count). The Morgan fingerprint density at radius 3 is 2.87 bits per heavy atom. The Hall–Kier alpha value is -0.760. The molecule has 1 fully saturated rings. The van der Waals surface area contributed by atoms with Crippen LogP contribution in [0.4, 0.5) is 0 Å². The van der Waals surface area contributed by atoms with Crippen molar-refractivity contribution < 1.29 is 4.42 Å². The molecule has 15 heavy (non-hydrogen) atoms. The van der Waals surface area contributed by atoms with Crippen molar-refractivity contribution in [1.82, 2.24) is 5.32 Å². The van der Waals surface area contributed by atoms with Crippen molar-refractivity contribution in [2.24, 2.45) is 5.92 Å². The maximum atomic E-state index is 5.37. The molecule has 1 aliphatic rings. The standard InChI is InChI=1S/C13H21NO/c1-11(13-8-5-9-15-13)14-10-12-6-3-2-4-7-12/h5,8-9,11-12,14H,2-4,6-7,10H2,1H3. The second-order valence-corrected chi connectivity index (χ2v) is 4.65. The summed E-state index contributed by atoms with van der Waals surface area (Å²) in [5.41, 5.74) is 0. The molecule has 1 N–H and O–H groups in total. The number of furan rings is 1. The summed E-state index contributed by atoms with van der Waals surface area (Å²) in [6, 6.07) is 4.34. The van der Waals surface area contributed by atoms with Gasteiger partial charge < -0.3 is 9.73 Å². The lowest BCUT2D eigenvalue weighted by Crippen LogP contribution is -2.26. The Kier molecular flexibility index (Phi) is 3.84. The van der Waals surface area contributed by atoms with Crippen molar-refractivity contribution in [2.75, 3.05) is 6.54 Å². The first-order chi connectivity index (χ1) is 7.36. The predicted molar refractivity (Wildman–Crippen MR) is 61.7 cm³/mol. The van der Waals surface area contributed by atoms with E-state index in [1.54, 1.807) is 6.26 Å². The SMILES string of the molecule is CC(NCC1CCCCC1)c1ccco1. The van der Waals surface area contributed by atoms with Crippen LogP contribution < -0.4 is 5.32 Å². The molecular formula is C13H21NO. The van der Waals surface area contributed by atoms with E-state index >= 15 is 0 Å². The van der Waals surface area contributed by atoms with Crippen molar-refractivity contribution in [3.63, 3.8) is 0 Å². The lowest BCUT2D eigenvalue weighted by molar-refractivity contribution is 0.321. The van der Waals surface area contributed by atoms with Crippen LogP contribution >= 0.6 is 0 Å². The van der Waals surface area contributed by atoms with Crippen LogP contribution in [-0.2, 0) is 0 Å². The molecule has 1 unspecified atom stereocenters. The van der Waals surface area contributed by atoms with Gasteiger partial charge in [0.25, 0.3) is 0 Å². The summed E-state index contributed by atoms with van der Waals surface area (Å²) in [6.07, 6.45) is 8.82. The highest BCUT2D eigenvalue weighted by Gasteiger charge is 2.15. The molecule has 0 aromatic carbocycles. The van der Waals surface area contributed by atoms with Gasteiger partial charge in [0.1, 0.15) is 5.76 Å². The van der Waals surface area contributed by atoms with Crippen LogP contribution in [-0.4, -0.2) is 6.54 Å². The molecule has 0 radical (unpaired) electrons. The average molecular weight is 207 g/mol. The molecule has 1 aliphatic carbocycles. The van der Waals surface area contributed by atoms with Crippen LogP contribution in [0.1, 0.15) is 50.8 Å². The topological polar surface area (TPSA) is 25.2 Å². The fraction of sp³-hybridized carbons (Fsp3) is 0.692. The smallest absolute Gasteiger partial charge is 0.120 e. The molecule has 0 bridgehead atoms. The van der Waals surface area contributed by atoms with Crippen LogP contribution in [0.15, 0.2) is 22.8 Å². The van der Waals surface area contributed by atoms with Gasteiger partial charge in [0, 0.05) is 0 Å². The van der Waals surface area contributed by atoms with Crippen molar-refractivity contribution in [3.05, 3.63) is 24.2 Å². The summed E-state index contributed by atoms with van der Waals surface area (Å²) < 4.78 is 5.37. The maximum Gasteiger partial charge on any atom is 0.120 e. The summed E-state index contributed by atoms with van der Waals surface area (Å²) in [6.45, 7) is 3.31. The van der Waals surface area contributed by atoms with Crippen molar-refractivity contribution in [1.29, 1.82) is 0 Å².